The smallest absolute Gasteiger partial charge is 0.330 e. The quantitative estimate of drug-likeness (QED) is 0.0722. The Morgan fingerprint density at radius 3 is 1.40 bits per heavy atom. The molecule has 0 atom stereocenters. The van der Waals surface area contributed by atoms with Crippen molar-refractivity contribution in [3.05, 3.63) is 12.7 Å². The van der Waals surface area contributed by atoms with Gasteiger partial charge < -0.3 is 9.22 Å². The van der Waals surface area contributed by atoms with Crippen LogP contribution in [-0.2, 0) is 9.53 Å². The molecule has 0 saturated carbocycles. The molecule has 30 heavy (non-hydrogen) atoms. The summed E-state index contributed by atoms with van der Waals surface area (Å²) in [6, 6.07) is 0. The number of carbonyl (C=O) groups excluding carboxylic acids is 1. The van der Waals surface area contributed by atoms with E-state index in [-0.39, 0.29) is 5.97 Å². The van der Waals surface area contributed by atoms with Crippen molar-refractivity contribution in [2.24, 2.45) is 0 Å². The molecule has 0 aliphatic heterocycles. The molecular weight excluding hydrogens is 370 g/mol. The maximum atomic E-state index is 11.1. The molecule has 3 heteroatoms. The average molecular weight is 425 g/mol. The summed E-state index contributed by atoms with van der Waals surface area (Å²) in [5.41, 5.74) is 0. The van der Waals surface area contributed by atoms with Gasteiger partial charge in [-0.15, -0.1) is 0 Å². The molecule has 0 aromatic rings. The molecule has 0 radical (unpaired) electrons. The molecule has 0 saturated heterocycles. The molecule has 0 unspecified atom stereocenters. The third kappa shape index (κ3) is 21.9. The summed E-state index contributed by atoms with van der Waals surface area (Å²) in [6.45, 7) is 8.23. The number of rotatable bonds is 23. The van der Waals surface area contributed by atoms with Crippen LogP contribution in [0.1, 0.15) is 122 Å². The second kappa shape index (κ2) is 21.4. The lowest BCUT2D eigenvalue weighted by Gasteiger charge is -2.29. The standard InChI is InChI=1S/C27H54NO2/c1-5-7-8-9-10-11-12-13-14-15-16-17-18-19-20-21-22-23-24-28(3,4)25-26-30-27(29)6-2/h6H,2,5,7-26H2,1,3-4H3/q+1. The largest absolute Gasteiger partial charge is 0.457 e. The minimum atomic E-state index is -0.317. The third-order valence-corrected chi connectivity index (χ3v) is 6.22. The van der Waals surface area contributed by atoms with Crippen molar-refractivity contribution >= 4 is 5.97 Å². The molecule has 0 amide bonds. The van der Waals surface area contributed by atoms with Gasteiger partial charge in [-0.3, -0.25) is 0 Å². The Bertz CT molecular complexity index is 392. The average Bonchev–Trinajstić information content (AvgIpc) is 2.72. The monoisotopic (exact) mass is 424 g/mol. The van der Waals surface area contributed by atoms with E-state index in [0.29, 0.717) is 6.61 Å². The highest BCUT2D eigenvalue weighted by atomic mass is 16.5. The highest BCUT2D eigenvalue weighted by Gasteiger charge is 2.14. The van der Waals surface area contributed by atoms with Crippen molar-refractivity contribution in [2.75, 3.05) is 33.8 Å². The Balaban J connectivity index is 3.25. The first kappa shape index (κ1) is 29.2. The number of carbonyl (C=O) groups is 1. The number of unbranched alkanes of at least 4 members (excludes halogenated alkanes) is 17. The van der Waals surface area contributed by atoms with Crippen LogP contribution in [0.15, 0.2) is 12.7 Å². The van der Waals surface area contributed by atoms with Crippen molar-refractivity contribution in [3.63, 3.8) is 0 Å². The highest BCUT2D eigenvalue weighted by molar-refractivity contribution is 5.81. The van der Waals surface area contributed by atoms with Crippen molar-refractivity contribution in [1.82, 2.24) is 0 Å². The Hall–Kier alpha value is -0.830. The minimum absolute atomic E-state index is 0.317. The van der Waals surface area contributed by atoms with Crippen LogP contribution in [0, 0.1) is 0 Å². The van der Waals surface area contributed by atoms with E-state index in [1.54, 1.807) is 0 Å². The zero-order valence-corrected chi connectivity index (χ0v) is 20.9. The summed E-state index contributed by atoms with van der Waals surface area (Å²) in [7, 11) is 4.44. The normalized spacial score (nSPS) is 11.6. The van der Waals surface area contributed by atoms with Gasteiger partial charge in [0.2, 0.25) is 0 Å². The highest BCUT2D eigenvalue weighted by Crippen LogP contribution is 2.14. The maximum Gasteiger partial charge on any atom is 0.330 e. The molecule has 0 fully saturated rings. The van der Waals surface area contributed by atoms with Crippen molar-refractivity contribution in [3.8, 4) is 0 Å². The maximum absolute atomic E-state index is 11.1. The van der Waals surface area contributed by atoms with Crippen molar-refractivity contribution in [2.45, 2.75) is 122 Å². The van der Waals surface area contributed by atoms with Crippen LogP contribution in [0.3, 0.4) is 0 Å². The Labute approximate surface area is 189 Å². The van der Waals surface area contributed by atoms with E-state index in [2.05, 4.69) is 27.6 Å². The number of esters is 1. The lowest BCUT2D eigenvalue weighted by Crippen LogP contribution is -2.43. The molecule has 0 aromatic heterocycles. The van der Waals surface area contributed by atoms with Gasteiger partial charge in [0.1, 0.15) is 13.2 Å². The summed E-state index contributed by atoms with van der Waals surface area (Å²) in [6.07, 6.45) is 26.7. The van der Waals surface area contributed by atoms with E-state index in [1.165, 1.54) is 122 Å². The predicted octanol–water partition coefficient (Wildman–Crippen LogP) is 7.83. The van der Waals surface area contributed by atoms with E-state index in [9.17, 15) is 4.79 Å². The summed E-state index contributed by atoms with van der Waals surface area (Å²) in [5.74, 6) is -0.317. The molecule has 0 N–H and O–H groups in total. The zero-order chi connectivity index (χ0) is 22.3. The van der Waals surface area contributed by atoms with E-state index < -0.39 is 0 Å². The number of quaternary nitrogens is 1. The second-order valence-electron chi connectivity index (χ2n) is 9.76. The SMILES string of the molecule is C=CC(=O)OCC[N+](C)(C)CCCCCCCCCCCCCCCCCCCC. The number of hydrogen-bond acceptors (Lipinski definition) is 2. The number of hydrogen-bond donors (Lipinski definition) is 0. The molecule has 0 aliphatic rings. The molecular formula is C27H54NO2+. The van der Waals surface area contributed by atoms with Crippen LogP contribution in [0.25, 0.3) is 0 Å². The summed E-state index contributed by atoms with van der Waals surface area (Å²) < 4.78 is 6.01. The van der Waals surface area contributed by atoms with E-state index in [1.807, 2.05) is 0 Å². The number of nitrogens with zero attached hydrogens (tertiary/aromatic N) is 1. The lowest BCUT2D eigenvalue weighted by atomic mass is 10.0. The van der Waals surface area contributed by atoms with E-state index >= 15 is 0 Å². The van der Waals surface area contributed by atoms with Crippen LogP contribution in [-0.4, -0.2) is 44.2 Å². The predicted molar refractivity (Wildman–Crippen MR) is 132 cm³/mol. The van der Waals surface area contributed by atoms with Gasteiger partial charge in [-0.2, -0.15) is 0 Å². The van der Waals surface area contributed by atoms with E-state index in [4.69, 9.17) is 4.74 Å². The first-order chi connectivity index (χ1) is 14.5. The Morgan fingerprint density at radius 1 is 0.667 bits per heavy atom. The fraction of sp³-hybridized carbons (Fsp3) is 0.889. The van der Waals surface area contributed by atoms with Crippen LogP contribution < -0.4 is 0 Å². The minimum Gasteiger partial charge on any atom is -0.457 e. The Kier molecular flexibility index (Phi) is 20.8. The van der Waals surface area contributed by atoms with Gasteiger partial charge in [0, 0.05) is 6.08 Å². The summed E-state index contributed by atoms with van der Waals surface area (Å²) in [4.78, 5) is 11.1. The van der Waals surface area contributed by atoms with Gasteiger partial charge in [-0.05, 0) is 12.8 Å². The molecule has 178 valence electrons. The lowest BCUT2D eigenvalue weighted by molar-refractivity contribution is -0.890. The van der Waals surface area contributed by atoms with Crippen molar-refractivity contribution < 1.29 is 14.0 Å². The molecule has 0 spiro atoms. The second-order valence-corrected chi connectivity index (χ2v) is 9.76. The van der Waals surface area contributed by atoms with Crippen LogP contribution in [0.5, 0.6) is 0 Å². The molecule has 0 aromatic carbocycles. The van der Waals surface area contributed by atoms with Gasteiger partial charge in [-0.25, -0.2) is 4.79 Å². The number of likely N-dealkylation sites (N-methyl/N-ethyl adjacent to an activating group) is 1. The van der Waals surface area contributed by atoms with Crippen LogP contribution in [0.2, 0.25) is 0 Å². The van der Waals surface area contributed by atoms with Gasteiger partial charge in [0.25, 0.3) is 0 Å². The molecule has 0 rings (SSSR count). The molecule has 0 heterocycles. The van der Waals surface area contributed by atoms with Gasteiger partial charge in [0.15, 0.2) is 0 Å². The van der Waals surface area contributed by atoms with Crippen LogP contribution >= 0.6 is 0 Å². The molecule has 0 aliphatic carbocycles. The fourth-order valence-corrected chi connectivity index (χ4v) is 4.01. The zero-order valence-electron chi connectivity index (χ0n) is 20.9. The number of ether oxygens (including phenoxy) is 1. The van der Waals surface area contributed by atoms with Gasteiger partial charge in [0.05, 0.1) is 20.6 Å². The molecule has 0 bridgehead atoms. The van der Waals surface area contributed by atoms with E-state index in [0.717, 1.165) is 17.6 Å². The van der Waals surface area contributed by atoms with Crippen LogP contribution in [0.4, 0.5) is 0 Å². The third-order valence-electron chi connectivity index (χ3n) is 6.22. The summed E-state index contributed by atoms with van der Waals surface area (Å²) >= 11 is 0. The molecule has 3 nitrogen and oxygen atoms in total. The van der Waals surface area contributed by atoms with Crippen molar-refractivity contribution in [1.29, 1.82) is 0 Å². The Morgan fingerprint density at radius 2 is 1.03 bits per heavy atom. The first-order valence-corrected chi connectivity index (χ1v) is 13.1. The van der Waals surface area contributed by atoms with Gasteiger partial charge in [-0.1, -0.05) is 116 Å². The fourth-order valence-electron chi connectivity index (χ4n) is 4.01. The topological polar surface area (TPSA) is 26.3 Å². The summed E-state index contributed by atoms with van der Waals surface area (Å²) in [5, 5.41) is 0. The first-order valence-electron chi connectivity index (χ1n) is 13.1. The van der Waals surface area contributed by atoms with Gasteiger partial charge >= 0.3 is 5.97 Å².